The number of nitrogens with zero attached hydrogens (tertiary/aromatic N) is 5. The molecule has 7 rings (SSSR count). The Hall–Kier alpha value is -5.84. The van der Waals surface area contributed by atoms with Crippen LogP contribution in [0.15, 0.2) is 29.1 Å². The van der Waals surface area contributed by atoms with E-state index in [1.54, 1.807) is 92.0 Å². The third-order valence-corrected chi connectivity index (χ3v) is 14.2. The molecule has 69 heavy (non-hydrogen) atoms. The van der Waals surface area contributed by atoms with Crippen LogP contribution in [0.2, 0.25) is 0 Å². The van der Waals surface area contributed by atoms with Crippen molar-refractivity contribution in [3.63, 3.8) is 0 Å². The Labute approximate surface area is 403 Å². The van der Waals surface area contributed by atoms with Gasteiger partial charge in [-0.15, -0.1) is 0 Å². The molecule has 1 aromatic carbocycles. The van der Waals surface area contributed by atoms with Crippen molar-refractivity contribution in [2.24, 2.45) is 16.2 Å². The molecule has 17 heteroatoms. The predicted octanol–water partition coefficient (Wildman–Crippen LogP) is 6.41. The van der Waals surface area contributed by atoms with Crippen molar-refractivity contribution in [1.82, 2.24) is 24.3 Å². The molecule has 1 N–H and O–H groups in total. The van der Waals surface area contributed by atoms with Crippen molar-refractivity contribution >= 4 is 46.7 Å². The lowest BCUT2D eigenvalue weighted by molar-refractivity contribution is -0.190. The van der Waals surface area contributed by atoms with E-state index in [1.165, 1.54) is 0 Å². The molecule has 2 aromatic heterocycles. The van der Waals surface area contributed by atoms with Crippen LogP contribution in [-0.2, 0) is 63.4 Å². The number of ether oxygens (including phenoxy) is 4. The number of esters is 3. The third kappa shape index (κ3) is 9.72. The Balaban J connectivity index is 0.951. The van der Waals surface area contributed by atoms with Crippen LogP contribution in [0, 0.1) is 16.2 Å². The number of cyclic esters (lactones) is 1. The van der Waals surface area contributed by atoms with Gasteiger partial charge in [0, 0.05) is 66.6 Å². The molecule has 4 aliphatic heterocycles. The predicted molar refractivity (Wildman–Crippen MR) is 255 cm³/mol. The summed E-state index contributed by atoms with van der Waals surface area (Å²) in [4.78, 5) is 105. The van der Waals surface area contributed by atoms with E-state index in [-0.39, 0.29) is 87.1 Å². The summed E-state index contributed by atoms with van der Waals surface area (Å²) in [5.74, 6) is -1.96. The second-order valence-corrected chi connectivity index (χ2v) is 22.3. The van der Waals surface area contributed by atoms with Crippen LogP contribution >= 0.6 is 0 Å². The van der Waals surface area contributed by atoms with E-state index in [9.17, 15) is 38.7 Å². The summed E-state index contributed by atoms with van der Waals surface area (Å²) in [6.45, 7) is 23.1. The fourth-order valence-electron chi connectivity index (χ4n) is 9.90. The quantitative estimate of drug-likeness (QED) is 0.104. The van der Waals surface area contributed by atoms with Crippen LogP contribution in [0.3, 0.4) is 0 Å². The Morgan fingerprint density at radius 3 is 1.80 bits per heavy atom. The van der Waals surface area contributed by atoms with Crippen molar-refractivity contribution in [3.8, 4) is 17.1 Å². The number of piperazine rings is 1. The molecule has 0 radical (unpaired) electrons. The molecule has 0 aliphatic carbocycles. The minimum atomic E-state index is -1.93. The number of hydrogen-bond acceptors (Lipinski definition) is 13. The van der Waals surface area contributed by atoms with E-state index in [4.69, 9.17) is 23.9 Å². The fraction of sp³-hybridized carbons (Fsp3) is 0.615. The maximum Gasteiger partial charge on any atom is 0.415 e. The summed E-state index contributed by atoms with van der Waals surface area (Å²) in [5.41, 5.74) is -3.09. The minimum Gasteiger partial charge on any atom is -0.459 e. The number of hydrogen-bond donors (Lipinski definition) is 1. The number of amides is 3. The van der Waals surface area contributed by atoms with Gasteiger partial charge < -0.3 is 43.3 Å². The number of pyridine rings is 2. The average molecular weight is 956 g/mol. The minimum absolute atomic E-state index is 0.0442. The van der Waals surface area contributed by atoms with Gasteiger partial charge in [0.15, 0.2) is 11.0 Å². The number of aliphatic hydroxyl groups is 1. The van der Waals surface area contributed by atoms with Crippen LogP contribution in [0.4, 0.5) is 4.79 Å². The van der Waals surface area contributed by atoms with Crippen molar-refractivity contribution in [2.75, 3.05) is 39.3 Å². The van der Waals surface area contributed by atoms with Gasteiger partial charge >= 0.3 is 24.0 Å². The van der Waals surface area contributed by atoms with Crippen LogP contribution in [0.1, 0.15) is 137 Å². The van der Waals surface area contributed by atoms with Crippen LogP contribution in [0.5, 0.6) is 5.75 Å². The number of rotatable bonds is 10. The van der Waals surface area contributed by atoms with Gasteiger partial charge in [-0.3, -0.25) is 24.0 Å². The van der Waals surface area contributed by atoms with Crippen LogP contribution < -0.4 is 10.3 Å². The molecule has 6 heterocycles. The molecular formula is C52H69N5O12. The topological polar surface area (TPSA) is 204 Å². The van der Waals surface area contributed by atoms with Gasteiger partial charge in [-0.05, 0) is 110 Å². The van der Waals surface area contributed by atoms with E-state index in [0.717, 1.165) is 16.5 Å². The number of fused-ring (bicyclic) bond motifs is 5. The molecule has 0 saturated carbocycles. The zero-order valence-electron chi connectivity index (χ0n) is 42.4. The van der Waals surface area contributed by atoms with Crippen LogP contribution in [0.25, 0.3) is 22.3 Å². The summed E-state index contributed by atoms with van der Waals surface area (Å²) >= 11 is 0. The summed E-state index contributed by atoms with van der Waals surface area (Å²) in [5, 5.41) is 12.0. The number of likely N-dealkylation sites (tertiary alicyclic amines) is 1. The van der Waals surface area contributed by atoms with Gasteiger partial charge in [0.1, 0.15) is 23.6 Å². The molecule has 3 aromatic rings. The van der Waals surface area contributed by atoms with E-state index in [1.807, 2.05) is 34.6 Å². The molecule has 3 amide bonds. The van der Waals surface area contributed by atoms with Gasteiger partial charge in [0.25, 0.3) is 5.56 Å². The Morgan fingerprint density at radius 1 is 0.739 bits per heavy atom. The lowest BCUT2D eigenvalue weighted by Crippen LogP contribution is -2.55. The third-order valence-electron chi connectivity index (χ3n) is 14.2. The molecule has 0 spiro atoms. The number of aromatic nitrogens is 2. The molecule has 2 fully saturated rings. The SMILES string of the molecule is CCc1c2c(nc3ccc(OC(=O)N4CCN(C(=O)C(C)(C)CCC(C)(C)C(=O)N5CCC(C(=O)OC(C)(C)C)(C(=O)OC(C)(C)C)CC5)CC4)cc13)-c1cc3c(c(=O)n1C2)COC(=O)[C@]3(O)CC. The summed E-state index contributed by atoms with van der Waals surface area (Å²) in [6.07, 6.45) is 1.06. The smallest absolute Gasteiger partial charge is 0.415 e. The monoisotopic (exact) mass is 955 g/mol. The zero-order chi connectivity index (χ0) is 50.8. The zero-order valence-corrected chi connectivity index (χ0v) is 42.4. The van der Waals surface area contributed by atoms with Crippen molar-refractivity contribution in [1.29, 1.82) is 0 Å². The number of carbonyl (C=O) groups is 6. The van der Waals surface area contributed by atoms with E-state index < -0.39 is 57.0 Å². The molecular weight excluding hydrogens is 887 g/mol. The molecule has 17 nitrogen and oxygen atoms in total. The lowest BCUT2D eigenvalue weighted by Gasteiger charge is -2.43. The standard InChI is InChI=1S/C52H69N5O12/c1-13-32-33-27-31(15-16-37(33)53-39-34(32)29-57-38(39)28-36-35(40(57)58)30-66-45(63)52(36,65)14-2)67-46(64)56-25-23-55(24-26-56)42(60)50(11,12)18-17-49(9,10)41(59)54-21-19-51(20-22-54,43(61)68-47(3,4)5)44(62)69-48(6,7)8/h15-16,27-28,65H,13-14,17-26,29-30H2,1-12H3/t52-/m0/s1. The number of benzene rings is 1. The first kappa shape index (κ1) is 51.0. The van der Waals surface area contributed by atoms with Gasteiger partial charge in [-0.25, -0.2) is 14.6 Å². The van der Waals surface area contributed by atoms with Crippen LogP contribution in [-0.4, -0.2) is 116 Å². The molecule has 2 saturated heterocycles. The summed E-state index contributed by atoms with van der Waals surface area (Å²) < 4.78 is 24.1. The largest absolute Gasteiger partial charge is 0.459 e. The maximum atomic E-state index is 14.0. The van der Waals surface area contributed by atoms with Gasteiger partial charge in [0.05, 0.1) is 29.0 Å². The first-order chi connectivity index (χ1) is 32.1. The highest BCUT2D eigenvalue weighted by Gasteiger charge is 2.54. The van der Waals surface area contributed by atoms with E-state index in [2.05, 4.69) is 0 Å². The lowest BCUT2D eigenvalue weighted by atomic mass is 9.75. The highest BCUT2D eigenvalue weighted by Crippen LogP contribution is 2.43. The highest BCUT2D eigenvalue weighted by molar-refractivity contribution is 6.01. The van der Waals surface area contributed by atoms with Gasteiger partial charge in [-0.2, -0.15) is 0 Å². The summed E-state index contributed by atoms with van der Waals surface area (Å²) in [6, 6.07) is 6.90. The van der Waals surface area contributed by atoms with Crippen molar-refractivity contribution in [2.45, 2.75) is 152 Å². The number of carbonyl (C=O) groups excluding carboxylic acids is 6. The average Bonchev–Trinajstić information content (AvgIpc) is 3.65. The first-order valence-corrected chi connectivity index (χ1v) is 24.2. The molecule has 0 bridgehead atoms. The maximum absolute atomic E-state index is 14.0. The number of aryl methyl sites for hydroxylation is 1. The Bertz CT molecular complexity index is 2630. The van der Waals surface area contributed by atoms with Gasteiger partial charge in [0.2, 0.25) is 11.8 Å². The second kappa shape index (κ2) is 18.2. The highest BCUT2D eigenvalue weighted by atomic mass is 16.6. The Kier molecular flexibility index (Phi) is 13.4. The van der Waals surface area contributed by atoms with Crippen molar-refractivity contribution < 1.29 is 52.8 Å². The first-order valence-electron chi connectivity index (χ1n) is 24.2. The normalized spacial score (nSPS) is 19.3. The molecule has 1 atom stereocenters. The van der Waals surface area contributed by atoms with E-state index in [0.29, 0.717) is 55.0 Å². The second-order valence-electron chi connectivity index (χ2n) is 22.3. The van der Waals surface area contributed by atoms with E-state index >= 15 is 0 Å². The fourth-order valence-corrected chi connectivity index (χ4v) is 9.90. The van der Waals surface area contributed by atoms with Gasteiger partial charge in [-0.1, -0.05) is 41.5 Å². The summed E-state index contributed by atoms with van der Waals surface area (Å²) in [7, 11) is 0. The number of piperidine rings is 1. The Morgan fingerprint density at radius 2 is 1.28 bits per heavy atom. The molecule has 4 aliphatic rings. The molecule has 0 unspecified atom stereocenters. The molecule has 374 valence electrons. The van der Waals surface area contributed by atoms with Crippen molar-refractivity contribution in [3.05, 3.63) is 56.9 Å².